The molecule has 3 aromatic rings. The minimum absolute atomic E-state index is 0.0419. The van der Waals surface area contributed by atoms with Crippen LogP contribution in [0.15, 0.2) is 60.9 Å². The Balaban J connectivity index is 0.989. The number of carbonyl (C=O) groups is 2. The SMILES string of the molecule is CC(C)(Oc1cccc(N2CCC[C@@H](C(=O)N(Cc3ccc(-c4cn[nH]c4)cc3)C3CC3)C2)c1)C(=O)N1CCC2(CCNC2)C1. The number of aromatic nitrogens is 2. The molecule has 0 radical (unpaired) electrons. The van der Waals surface area contributed by atoms with Crippen molar-refractivity contribution >= 4 is 17.5 Å². The maximum atomic E-state index is 14.0. The maximum Gasteiger partial charge on any atom is 0.266 e. The van der Waals surface area contributed by atoms with Gasteiger partial charge in [-0.2, -0.15) is 5.10 Å². The van der Waals surface area contributed by atoms with Crippen molar-refractivity contribution in [3.05, 3.63) is 66.5 Å². The Bertz CT molecular complexity index is 1490. The number of benzene rings is 2. The Morgan fingerprint density at radius 1 is 1.07 bits per heavy atom. The molecule has 1 unspecified atom stereocenters. The van der Waals surface area contributed by atoms with Crippen molar-refractivity contribution in [1.29, 1.82) is 0 Å². The molecule has 7 rings (SSSR count). The minimum Gasteiger partial charge on any atom is -0.478 e. The number of hydrogen-bond donors (Lipinski definition) is 2. The summed E-state index contributed by atoms with van der Waals surface area (Å²) in [5, 5.41) is 10.4. The van der Waals surface area contributed by atoms with Crippen LogP contribution in [-0.4, -0.2) is 82.7 Å². The van der Waals surface area contributed by atoms with E-state index in [1.54, 1.807) is 0 Å². The van der Waals surface area contributed by atoms with Crippen LogP contribution in [-0.2, 0) is 16.1 Å². The largest absolute Gasteiger partial charge is 0.478 e. The lowest BCUT2D eigenvalue weighted by Gasteiger charge is -2.37. The van der Waals surface area contributed by atoms with E-state index in [-0.39, 0.29) is 23.1 Å². The van der Waals surface area contributed by atoms with Crippen LogP contribution in [0.3, 0.4) is 0 Å². The van der Waals surface area contributed by atoms with E-state index < -0.39 is 5.60 Å². The van der Waals surface area contributed by atoms with Crippen LogP contribution < -0.4 is 15.0 Å². The highest BCUT2D eigenvalue weighted by Crippen LogP contribution is 2.38. The third-order valence-electron chi connectivity index (χ3n) is 10.3. The van der Waals surface area contributed by atoms with Gasteiger partial charge in [-0.3, -0.25) is 14.7 Å². The van der Waals surface area contributed by atoms with E-state index >= 15 is 0 Å². The number of anilines is 1. The molecule has 4 aliphatic rings. The zero-order chi connectivity index (χ0) is 31.0. The molecule has 4 heterocycles. The molecule has 9 nitrogen and oxygen atoms in total. The first-order valence-electron chi connectivity index (χ1n) is 16.7. The molecule has 45 heavy (non-hydrogen) atoms. The topological polar surface area (TPSA) is 93.8 Å². The van der Waals surface area contributed by atoms with Crippen molar-refractivity contribution in [3.63, 3.8) is 0 Å². The zero-order valence-corrected chi connectivity index (χ0v) is 26.6. The zero-order valence-electron chi connectivity index (χ0n) is 26.6. The summed E-state index contributed by atoms with van der Waals surface area (Å²) in [5.41, 5.74) is 3.64. The van der Waals surface area contributed by atoms with E-state index in [2.05, 4.69) is 55.6 Å². The molecule has 1 spiro atoms. The van der Waals surface area contributed by atoms with E-state index in [1.165, 1.54) is 0 Å². The van der Waals surface area contributed by atoms with E-state index in [9.17, 15) is 9.59 Å². The molecule has 3 aliphatic heterocycles. The molecule has 0 bridgehead atoms. The molecule has 2 N–H and O–H groups in total. The summed E-state index contributed by atoms with van der Waals surface area (Å²) in [7, 11) is 0. The molecule has 2 amide bonds. The molecule has 4 fully saturated rings. The molecular formula is C36H46N6O3. The van der Waals surface area contributed by atoms with E-state index in [1.807, 2.05) is 49.3 Å². The maximum absolute atomic E-state index is 14.0. The van der Waals surface area contributed by atoms with Gasteiger partial charge in [-0.05, 0) is 82.2 Å². The quantitative estimate of drug-likeness (QED) is 0.360. The molecule has 238 valence electrons. The predicted molar refractivity (Wildman–Crippen MR) is 175 cm³/mol. The van der Waals surface area contributed by atoms with Crippen LogP contribution in [0.1, 0.15) is 57.9 Å². The number of nitrogens with one attached hydrogen (secondary N) is 2. The molecule has 3 saturated heterocycles. The summed E-state index contributed by atoms with van der Waals surface area (Å²) >= 11 is 0. The van der Waals surface area contributed by atoms with Crippen molar-refractivity contribution in [2.45, 2.75) is 70.6 Å². The van der Waals surface area contributed by atoms with Gasteiger partial charge in [0.05, 0.1) is 12.1 Å². The van der Waals surface area contributed by atoms with Crippen molar-refractivity contribution in [3.8, 4) is 16.9 Å². The summed E-state index contributed by atoms with van der Waals surface area (Å²) in [6.07, 6.45) is 9.95. The summed E-state index contributed by atoms with van der Waals surface area (Å²) in [6, 6.07) is 16.9. The van der Waals surface area contributed by atoms with E-state index in [4.69, 9.17) is 4.74 Å². The standard InChI is InChI=1S/C36H46N6O3/c1-35(2,34(44)41-18-15-36(25-41)14-16-37-24-36)45-32-7-3-6-31(19-32)40-17-4-5-28(23-40)33(43)42(30-12-13-30)22-26-8-10-27(11-9-26)29-20-38-39-21-29/h3,6-11,19-21,28,30,37H,4-5,12-18,22-25H2,1-2H3,(H,38,39)/t28-,36?/m1/s1. The average molecular weight is 611 g/mol. The fraction of sp³-hybridized carbons (Fsp3) is 0.528. The predicted octanol–water partition coefficient (Wildman–Crippen LogP) is 4.85. The Morgan fingerprint density at radius 3 is 2.64 bits per heavy atom. The highest BCUT2D eigenvalue weighted by molar-refractivity contribution is 5.85. The van der Waals surface area contributed by atoms with Crippen LogP contribution >= 0.6 is 0 Å². The summed E-state index contributed by atoms with van der Waals surface area (Å²) in [4.78, 5) is 34.0. The summed E-state index contributed by atoms with van der Waals surface area (Å²) in [5.74, 6) is 0.964. The van der Waals surface area contributed by atoms with Crippen LogP contribution in [0.5, 0.6) is 5.75 Å². The Kier molecular flexibility index (Phi) is 8.06. The number of piperidine rings is 1. The third kappa shape index (κ3) is 6.45. The van der Waals surface area contributed by atoms with Crippen LogP contribution in [0.4, 0.5) is 5.69 Å². The average Bonchev–Trinajstić information content (AvgIpc) is 3.40. The normalized spacial score (nSPS) is 23.5. The lowest BCUT2D eigenvalue weighted by molar-refractivity contribution is -0.144. The highest BCUT2D eigenvalue weighted by atomic mass is 16.5. The van der Waals surface area contributed by atoms with Crippen molar-refractivity contribution < 1.29 is 14.3 Å². The van der Waals surface area contributed by atoms with Gasteiger partial charge >= 0.3 is 0 Å². The van der Waals surface area contributed by atoms with Crippen LogP contribution in [0.25, 0.3) is 11.1 Å². The molecule has 2 aromatic carbocycles. The van der Waals surface area contributed by atoms with Crippen LogP contribution in [0, 0.1) is 11.3 Å². The van der Waals surface area contributed by atoms with Crippen molar-refractivity contribution in [2.75, 3.05) is 44.2 Å². The number of H-pyrrole nitrogens is 1. The molecule has 1 aromatic heterocycles. The first kappa shape index (κ1) is 29.8. The monoisotopic (exact) mass is 610 g/mol. The first-order valence-corrected chi connectivity index (χ1v) is 16.7. The fourth-order valence-electron chi connectivity index (χ4n) is 7.54. The second-order valence-electron chi connectivity index (χ2n) is 14.2. The number of nitrogens with zero attached hydrogens (tertiary/aromatic N) is 4. The van der Waals surface area contributed by atoms with Crippen molar-refractivity contribution in [1.82, 2.24) is 25.3 Å². The number of ether oxygens (including phenoxy) is 1. The van der Waals surface area contributed by atoms with Gasteiger partial charge in [-0.15, -0.1) is 0 Å². The van der Waals surface area contributed by atoms with Gasteiger partial charge in [0.15, 0.2) is 5.60 Å². The molecule has 1 saturated carbocycles. The molecule has 9 heteroatoms. The number of carbonyl (C=O) groups excluding carboxylic acids is 2. The van der Waals surface area contributed by atoms with E-state index in [0.29, 0.717) is 24.9 Å². The summed E-state index contributed by atoms with van der Waals surface area (Å²) in [6.45, 7) is 9.64. The van der Waals surface area contributed by atoms with Crippen LogP contribution in [0.2, 0.25) is 0 Å². The van der Waals surface area contributed by atoms with Gasteiger partial charge in [0.1, 0.15) is 5.75 Å². The number of amides is 2. The van der Waals surface area contributed by atoms with E-state index in [0.717, 1.165) is 93.6 Å². The Labute approximate surface area is 266 Å². The first-order chi connectivity index (χ1) is 21.8. The summed E-state index contributed by atoms with van der Waals surface area (Å²) < 4.78 is 6.40. The Morgan fingerprint density at radius 2 is 1.91 bits per heavy atom. The van der Waals surface area contributed by atoms with Gasteiger partial charge in [0.2, 0.25) is 5.91 Å². The lowest BCUT2D eigenvalue weighted by Crippen LogP contribution is -2.48. The number of likely N-dealkylation sites (tertiary alicyclic amines) is 1. The second kappa shape index (κ2) is 12.2. The van der Waals surface area contributed by atoms with Gasteiger partial charge in [0.25, 0.3) is 5.91 Å². The van der Waals surface area contributed by atoms with Gasteiger partial charge in [-0.1, -0.05) is 30.3 Å². The van der Waals surface area contributed by atoms with Gasteiger partial charge < -0.3 is 24.8 Å². The fourth-order valence-corrected chi connectivity index (χ4v) is 7.54. The molecule has 2 atom stereocenters. The van der Waals surface area contributed by atoms with Gasteiger partial charge in [0, 0.05) is 74.2 Å². The highest BCUT2D eigenvalue weighted by Gasteiger charge is 2.45. The minimum atomic E-state index is -0.960. The number of aromatic amines is 1. The van der Waals surface area contributed by atoms with Crippen molar-refractivity contribution in [2.24, 2.45) is 11.3 Å². The third-order valence-corrected chi connectivity index (χ3v) is 10.3. The molecule has 1 aliphatic carbocycles. The number of rotatable bonds is 9. The van der Waals surface area contributed by atoms with Gasteiger partial charge in [-0.25, -0.2) is 0 Å². The number of hydrogen-bond acceptors (Lipinski definition) is 6. The lowest BCUT2D eigenvalue weighted by atomic mass is 9.86. The Hall–Kier alpha value is -3.85. The molecular weight excluding hydrogens is 564 g/mol. The smallest absolute Gasteiger partial charge is 0.266 e. The second-order valence-corrected chi connectivity index (χ2v) is 14.2.